The van der Waals surface area contributed by atoms with Crippen LogP contribution in [-0.4, -0.2) is 11.9 Å². The van der Waals surface area contributed by atoms with Crippen molar-refractivity contribution >= 4 is 23.2 Å². The first kappa shape index (κ1) is 12.6. The summed E-state index contributed by atoms with van der Waals surface area (Å²) in [5.41, 5.74) is 1.39. The molecule has 1 aliphatic rings. The lowest BCUT2D eigenvalue weighted by molar-refractivity contribution is 0.173. The SMILES string of the molecule is OC(c1ccc(Cl)c(Cl)c1)c1ccc2c(c1)OCO2. The van der Waals surface area contributed by atoms with E-state index in [-0.39, 0.29) is 6.79 Å². The van der Waals surface area contributed by atoms with Crippen LogP contribution in [0.3, 0.4) is 0 Å². The number of hydrogen-bond acceptors (Lipinski definition) is 3. The molecule has 5 heteroatoms. The zero-order chi connectivity index (χ0) is 13.4. The summed E-state index contributed by atoms with van der Waals surface area (Å²) >= 11 is 11.8. The summed E-state index contributed by atoms with van der Waals surface area (Å²) in [4.78, 5) is 0. The quantitative estimate of drug-likeness (QED) is 0.916. The number of rotatable bonds is 2. The van der Waals surface area contributed by atoms with Crippen molar-refractivity contribution in [2.45, 2.75) is 6.10 Å². The summed E-state index contributed by atoms with van der Waals surface area (Å²) < 4.78 is 10.5. The summed E-state index contributed by atoms with van der Waals surface area (Å²) in [7, 11) is 0. The molecule has 0 amide bonds. The topological polar surface area (TPSA) is 38.7 Å². The first-order valence-corrected chi connectivity index (χ1v) is 6.43. The molecule has 2 aromatic rings. The molecule has 0 spiro atoms. The normalized spacial score (nSPS) is 14.5. The van der Waals surface area contributed by atoms with Crippen LogP contribution in [0, 0.1) is 0 Å². The average molecular weight is 297 g/mol. The fraction of sp³-hybridized carbons (Fsp3) is 0.143. The Morgan fingerprint density at radius 1 is 0.895 bits per heavy atom. The summed E-state index contributed by atoms with van der Waals surface area (Å²) in [5, 5.41) is 11.2. The van der Waals surface area contributed by atoms with Crippen molar-refractivity contribution in [1.29, 1.82) is 0 Å². The highest BCUT2D eigenvalue weighted by Crippen LogP contribution is 2.36. The molecular formula is C14H10Cl2O3. The van der Waals surface area contributed by atoms with E-state index in [1.54, 1.807) is 36.4 Å². The molecule has 98 valence electrons. The lowest BCUT2D eigenvalue weighted by Gasteiger charge is -2.12. The molecule has 0 bridgehead atoms. The number of aliphatic hydroxyl groups is 1. The zero-order valence-corrected chi connectivity index (χ0v) is 11.3. The number of fused-ring (bicyclic) bond motifs is 1. The lowest BCUT2D eigenvalue weighted by Crippen LogP contribution is -1.99. The molecule has 3 nitrogen and oxygen atoms in total. The minimum atomic E-state index is -0.788. The Morgan fingerprint density at radius 2 is 1.58 bits per heavy atom. The van der Waals surface area contributed by atoms with Gasteiger partial charge in [-0.3, -0.25) is 0 Å². The maximum Gasteiger partial charge on any atom is 0.231 e. The van der Waals surface area contributed by atoms with Crippen LogP contribution in [0.2, 0.25) is 10.0 Å². The molecule has 19 heavy (non-hydrogen) atoms. The van der Waals surface area contributed by atoms with Gasteiger partial charge in [-0.25, -0.2) is 0 Å². The Kier molecular flexibility index (Phi) is 3.27. The van der Waals surface area contributed by atoms with Crippen molar-refractivity contribution < 1.29 is 14.6 Å². The molecule has 0 aromatic heterocycles. The van der Waals surface area contributed by atoms with E-state index in [4.69, 9.17) is 32.7 Å². The van der Waals surface area contributed by atoms with Crippen LogP contribution in [0.1, 0.15) is 17.2 Å². The van der Waals surface area contributed by atoms with Crippen molar-refractivity contribution in [1.82, 2.24) is 0 Å². The molecule has 3 rings (SSSR count). The molecule has 1 unspecified atom stereocenters. The predicted octanol–water partition coefficient (Wildman–Crippen LogP) is 3.80. The van der Waals surface area contributed by atoms with Gasteiger partial charge in [0.2, 0.25) is 6.79 Å². The number of hydrogen-bond donors (Lipinski definition) is 1. The van der Waals surface area contributed by atoms with Crippen LogP contribution in [0.15, 0.2) is 36.4 Å². The van der Waals surface area contributed by atoms with Crippen LogP contribution in [0.25, 0.3) is 0 Å². The van der Waals surface area contributed by atoms with Crippen molar-refractivity contribution in [3.05, 3.63) is 57.6 Å². The fourth-order valence-corrected chi connectivity index (χ4v) is 2.26. The maximum atomic E-state index is 10.3. The monoisotopic (exact) mass is 296 g/mol. The van der Waals surface area contributed by atoms with Gasteiger partial charge in [0.1, 0.15) is 6.10 Å². The summed E-state index contributed by atoms with van der Waals surface area (Å²) in [6, 6.07) is 10.4. The van der Waals surface area contributed by atoms with E-state index in [1.807, 2.05) is 0 Å². The van der Waals surface area contributed by atoms with Crippen molar-refractivity contribution in [2.24, 2.45) is 0 Å². The Hall–Kier alpha value is -1.42. The first-order chi connectivity index (χ1) is 9.15. The second kappa shape index (κ2) is 4.93. The van der Waals surface area contributed by atoms with Gasteiger partial charge in [-0.2, -0.15) is 0 Å². The predicted molar refractivity (Wildman–Crippen MR) is 73.1 cm³/mol. The summed E-state index contributed by atoms with van der Waals surface area (Å²) in [6.45, 7) is 0.210. The highest BCUT2D eigenvalue weighted by atomic mass is 35.5. The smallest absolute Gasteiger partial charge is 0.231 e. The molecular weight excluding hydrogens is 287 g/mol. The second-order valence-electron chi connectivity index (χ2n) is 4.19. The van der Waals surface area contributed by atoms with Gasteiger partial charge in [-0.1, -0.05) is 35.3 Å². The number of halogens is 2. The Balaban J connectivity index is 1.94. The molecule has 0 saturated heterocycles. The average Bonchev–Trinajstić information content (AvgIpc) is 2.88. The molecule has 0 fully saturated rings. The molecule has 0 radical (unpaired) electrons. The van der Waals surface area contributed by atoms with Crippen LogP contribution in [0.5, 0.6) is 11.5 Å². The van der Waals surface area contributed by atoms with E-state index in [9.17, 15) is 5.11 Å². The van der Waals surface area contributed by atoms with Gasteiger partial charge in [0.15, 0.2) is 11.5 Å². The Morgan fingerprint density at radius 3 is 2.37 bits per heavy atom. The number of aliphatic hydroxyl groups excluding tert-OH is 1. The van der Waals surface area contributed by atoms with Gasteiger partial charge in [0.05, 0.1) is 10.0 Å². The van der Waals surface area contributed by atoms with Gasteiger partial charge < -0.3 is 14.6 Å². The van der Waals surface area contributed by atoms with Crippen LogP contribution in [0.4, 0.5) is 0 Å². The van der Waals surface area contributed by atoms with Gasteiger partial charge in [0.25, 0.3) is 0 Å². The van der Waals surface area contributed by atoms with Crippen molar-refractivity contribution in [2.75, 3.05) is 6.79 Å². The highest BCUT2D eigenvalue weighted by molar-refractivity contribution is 6.42. The van der Waals surface area contributed by atoms with Gasteiger partial charge in [0, 0.05) is 0 Å². The Bertz CT molecular complexity index is 628. The molecule has 1 atom stereocenters. The lowest BCUT2D eigenvalue weighted by atomic mass is 10.0. The Labute approximate surface area is 120 Å². The third-order valence-electron chi connectivity index (χ3n) is 2.97. The van der Waals surface area contributed by atoms with Crippen LogP contribution in [-0.2, 0) is 0 Å². The number of ether oxygens (including phenoxy) is 2. The standard InChI is InChI=1S/C14H10Cl2O3/c15-10-3-1-8(5-11(10)16)14(17)9-2-4-12-13(6-9)19-7-18-12/h1-6,14,17H,7H2. The highest BCUT2D eigenvalue weighted by Gasteiger charge is 2.18. The van der Waals surface area contributed by atoms with Crippen molar-refractivity contribution in [3.63, 3.8) is 0 Å². The minimum absolute atomic E-state index is 0.210. The van der Waals surface area contributed by atoms with E-state index < -0.39 is 6.10 Å². The number of benzene rings is 2. The van der Waals surface area contributed by atoms with Gasteiger partial charge in [-0.15, -0.1) is 0 Å². The van der Waals surface area contributed by atoms with E-state index >= 15 is 0 Å². The summed E-state index contributed by atoms with van der Waals surface area (Å²) in [6.07, 6.45) is -0.788. The first-order valence-electron chi connectivity index (χ1n) is 5.68. The second-order valence-corrected chi connectivity index (χ2v) is 5.00. The van der Waals surface area contributed by atoms with E-state index in [2.05, 4.69) is 0 Å². The van der Waals surface area contributed by atoms with Crippen molar-refractivity contribution in [3.8, 4) is 11.5 Å². The molecule has 2 aromatic carbocycles. The molecule has 0 saturated carbocycles. The van der Waals surface area contributed by atoms with E-state index in [0.717, 1.165) is 0 Å². The van der Waals surface area contributed by atoms with E-state index in [0.29, 0.717) is 32.7 Å². The van der Waals surface area contributed by atoms with Crippen LogP contribution < -0.4 is 9.47 Å². The largest absolute Gasteiger partial charge is 0.454 e. The summed E-state index contributed by atoms with van der Waals surface area (Å²) in [5.74, 6) is 1.32. The molecule has 1 heterocycles. The van der Waals surface area contributed by atoms with E-state index in [1.165, 1.54) is 0 Å². The molecule has 1 aliphatic heterocycles. The maximum absolute atomic E-state index is 10.3. The molecule has 1 N–H and O–H groups in total. The third kappa shape index (κ3) is 2.37. The zero-order valence-electron chi connectivity index (χ0n) is 9.77. The van der Waals surface area contributed by atoms with Gasteiger partial charge >= 0.3 is 0 Å². The minimum Gasteiger partial charge on any atom is -0.454 e. The molecule has 0 aliphatic carbocycles. The van der Waals surface area contributed by atoms with Gasteiger partial charge in [-0.05, 0) is 35.4 Å². The fourth-order valence-electron chi connectivity index (χ4n) is 1.96. The third-order valence-corrected chi connectivity index (χ3v) is 3.71. The van der Waals surface area contributed by atoms with Crippen LogP contribution >= 0.6 is 23.2 Å².